The SMILES string of the molecule is CCCNC(COc1ccccc1)c1cnnn1C. The molecule has 1 aromatic heterocycles. The number of hydrogen-bond acceptors (Lipinski definition) is 4. The number of ether oxygens (including phenoxy) is 1. The molecule has 0 aliphatic rings. The first-order chi connectivity index (χ1) is 9.31. The summed E-state index contributed by atoms with van der Waals surface area (Å²) in [5.74, 6) is 0.876. The molecule has 0 aliphatic carbocycles. The molecule has 1 atom stereocenters. The summed E-state index contributed by atoms with van der Waals surface area (Å²) < 4.78 is 7.59. The lowest BCUT2D eigenvalue weighted by atomic mass is 10.2. The van der Waals surface area contributed by atoms with Crippen LogP contribution in [0.2, 0.25) is 0 Å². The number of benzene rings is 1. The van der Waals surface area contributed by atoms with E-state index in [1.54, 1.807) is 10.9 Å². The molecule has 0 aliphatic heterocycles. The molecule has 1 aromatic carbocycles. The van der Waals surface area contributed by atoms with E-state index in [0.717, 1.165) is 24.4 Å². The second kappa shape index (κ2) is 6.89. The van der Waals surface area contributed by atoms with Gasteiger partial charge in [0.25, 0.3) is 0 Å². The number of nitrogens with zero attached hydrogens (tertiary/aromatic N) is 3. The van der Waals surface area contributed by atoms with Gasteiger partial charge in [-0.2, -0.15) is 0 Å². The van der Waals surface area contributed by atoms with E-state index in [1.807, 2.05) is 37.4 Å². The quantitative estimate of drug-likeness (QED) is 0.826. The van der Waals surface area contributed by atoms with Gasteiger partial charge in [-0.15, -0.1) is 5.10 Å². The van der Waals surface area contributed by atoms with Crippen molar-refractivity contribution in [3.63, 3.8) is 0 Å². The second-order valence-electron chi connectivity index (χ2n) is 4.41. The Morgan fingerprint density at radius 3 is 2.74 bits per heavy atom. The van der Waals surface area contributed by atoms with Gasteiger partial charge in [-0.1, -0.05) is 30.3 Å². The van der Waals surface area contributed by atoms with Crippen molar-refractivity contribution in [3.8, 4) is 5.75 Å². The molecule has 5 heteroatoms. The van der Waals surface area contributed by atoms with Crippen LogP contribution < -0.4 is 10.1 Å². The van der Waals surface area contributed by atoms with Crippen LogP contribution >= 0.6 is 0 Å². The molecule has 0 spiro atoms. The first-order valence-electron chi connectivity index (χ1n) is 6.57. The number of aromatic nitrogens is 3. The molecular formula is C14H20N4O. The molecule has 0 amide bonds. The van der Waals surface area contributed by atoms with E-state index in [9.17, 15) is 0 Å². The minimum absolute atomic E-state index is 0.0974. The second-order valence-corrected chi connectivity index (χ2v) is 4.41. The summed E-state index contributed by atoms with van der Waals surface area (Å²) in [6.07, 6.45) is 2.86. The van der Waals surface area contributed by atoms with Gasteiger partial charge in [-0.25, -0.2) is 0 Å². The number of nitrogens with one attached hydrogen (secondary N) is 1. The average molecular weight is 260 g/mol. The lowest BCUT2D eigenvalue weighted by Crippen LogP contribution is -2.29. The molecular weight excluding hydrogens is 240 g/mol. The molecule has 0 bridgehead atoms. The predicted octanol–water partition coefficient (Wildman–Crippen LogP) is 1.93. The van der Waals surface area contributed by atoms with Gasteiger partial charge in [0.05, 0.1) is 17.9 Å². The van der Waals surface area contributed by atoms with Crippen molar-refractivity contribution < 1.29 is 4.74 Å². The highest BCUT2D eigenvalue weighted by molar-refractivity contribution is 5.21. The van der Waals surface area contributed by atoms with Crippen molar-refractivity contribution in [1.29, 1.82) is 0 Å². The Morgan fingerprint density at radius 1 is 1.32 bits per heavy atom. The fourth-order valence-corrected chi connectivity index (χ4v) is 1.88. The number of para-hydroxylation sites is 1. The third-order valence-electron chi connectivity index (χ3n) is 2.91. The lowest BCUT2D eigenvalue weighted by Gasteiger charge is -2.18. The molecule has 2 rings (SSSR count). The standard InChI is InChI=1S/C14H20N4O/c1-3-9-15-13(14-10-16-17-18(14)2)11-19-12-7-5-4-6-8-12/h4-8,10,13,15H,3,9,11H2,1-2H3. The third-order valence-corrected chi connectivity index (χ3v) is 2.91. The Labute approximate surface area is 113 Å². The summed E-state index contributed by atoms with van der Waals surface area (Å²) >= 11 is 0. The Bertz CT molecular complexity index is 483. The zero-order valence-corrected chi connectivity index (χ0v) is 11.4. The van der Waals surface area contributed by atoms with E-state index in [0.29, 0.717) is 6.61 Å². The summed E-state index contributed by atoms with van der Waals surface area (Å²) in [5, 5.41) is 11.4. The molecule has 1 unspecified atom stereocenters. The summed E-state index contributed by atoms with van der Waals surface area (Å²) in [6.45, 7) is 3.64. The molecule has 102 valence electrons. The summed E-state index contributed by atoms with van der Waals surface area (Å²) in [5.41, 5.74) is 1.03. The first-order valence-corrected chi connectivity index (χ1v) is 6.57. The first kappa shape index (κ1) is 13.5. The van der Waals surface area contributed by atoms with Crippen LogP contribution in [0.1, 0.15) is 25.1 Å². The highest BCUT2D eigenvalue weighted by atomic mass is 16.5. The summed E-state index contributed by atoms with van der Waals surface area (Å²) in [4.78, 5) is 0. The topological polar surface area (TPSA) is 52.0 Å². The van der Waals surface area contributed by atoms with Crippen LogP contribution in [0.3, 0.4) is 0 Å². The predicted molar refractivity (Wildman–Crippen MR) is 74.0 cm³/mol. The van der Waals surface area contributed by atoms with Crippen molar-refractivity contribution >= 4 is 0 Å². The number of aryl methyl sites for hydroxylation is 1. The van der Waals surface area contributed by atoms with Gasteiger partial charge in [0.2, 0.25) is 0 Å². The molecule has 0 radical (unpaired) electrons. The minimum Gasteiger partial charge on any atom is -0.492 e. The van der Waals surface area contributed by atoms with Gasteiger partial charge in [0, 0.05) is 7.05 Å². The van der Waals surface area contributed by atoms with E-state index >= 15 is 0 Å². The maximum absolute atomic E-state index is 5.81. The third kappa shape index (κ3) is 3.79. The van der Waals surface area contributed by atoms with Gasteiger partial charge < -0.3 is 10.1 Å². The Balaban J connectivity index is 2.00. The summed E-state index contributed by atoms with van der Waals surface area (Å²) in [6, 6.07) is 9.92. The van der Waals surface area contributed by atoms with Crippen LogP contribution in [-0.4, -0.2) is 28.1 Å². The van der Waals surface area contributed by atoms with Crippen molar-refractivity contribution in [2.75, 3.05) is 13.2 Å². The fourth-order valence-electron chi connectivity index (χ4n) is 1.88. The van der Waals surface area contributed by atoms with Gasteiger partial charge in [0.1, 0.15) is 12.4 Å². The van der Waals surface area contributed by atoms with E-state index in [-0.39, 0.29) is 6.04 Å². The van der Waals surface area contributed by atoms with Gasteiger partial charge in [-0.05, 0) is 25.1 Å². The Hall–Kier alpha value is -1.88. The Morgan fingerprint density at radius 2 is 2.11 bits per heavy atom. The van der Waals surface area contributed by atoms with Crippen molar-refractivity contribution in [2.24, 2.45) is 7.05 Å². The molecule has 2 aromatic rings. The average Bonchev–Trinajstić information content (AvgIpc) is 2.86. The van der Waals surface area contributed by atoms with Crippen LogP contribution in [0, 0.1) is 0 Å². The normalized spacial score (nSPS) is 12.3. The lowest BCUT2D eigenvalue weighted by molar-refractivity contribution is 0.260. The smallest absolute Gasteiger partial charge is 0.119 e. The van der Waals surface area contributed by atoms with Crippen LogP contribution in [0.5, 0.6) is 5.75 Å². The van der Waals surface area contributed by atoms with Crippen LogP contribution in [-0.2, 0) is 7.05 Å². The highest BCUT2D eigenvalue weighted by Crippen LogP contribution is 2.15. The fraction of sp³-hybridized carbons (Fsp3) is 0.429. The maximum atomic E-state index is 5.81. The van der Waals surface area contributed by atoms with Crippen molar-refractivity contribution in [1.82, 2.24) is 20.3 Å². The monoisotopic (exact) mass is 260 g/mol. The molecule has 0 fully saturated rings. The van der Waals surface area contributed by atoms with Crippen molar-refractivity contribution in [2.45, 2.75) is 19.4 Å². The van der Waals surface area contributed by atoms with Gasteiger partial charge >= 0.3 is 0 Å². The van der Waals surface area contributed by atoms with Gasteiger partial charge in [0.15, 0.2) is 0 Å². The van der Waals surface area contributed by atoms with Crippen LogP contribution in [0.25, 0.3) is 0 Å². The molecule has 0 saturated carbocycles. The zero-order valence-electron chi connectivity index (χ0n) is 11.4. The van der Waals surface area contributed by atoms with Crippen LogP contribution in [0.15, 0.2) is 36.5 Å². The molecule has 1 N–H and O–H groups in total. The van der Waals surface area contributed by atoms with Crippen LogP contribution in [0.4, 0.5) is 0 Å². The number of hydrogen-bond donors (Lipinski definition) is 1. The van der Waals surface area contributed by atoms with E-state index in [4.69, 9.17) is 4.74 Å². The number of rotatable bonds is 7. The summed E-state index contributed by atoms with van der Waals surface area (Å²) in [7, 11) is 1.89. The molecule has 0 saturated heterocycles. The van der Waals surface area contributed by atoms with E-state index in [2.05, 4.69) is 22.6 Å². The van der Waals surface area contributed by atoms with Crippen molar-refractivity contribution in [3.05, 3.63) is 42.2 Å². The maximum Gasteiger partial charge on any atom is 0.119 e. The molecule has 5 nitrogen and oxygen atoms in total. The Kier molecular flexibility index (Phi) is 4.92. The molecule has 1 heterocycles. The van der Waals surface area contributed by atoms with E-state index < -0.39 is 0 Å². The zero-order chi connectivity index (χ0) is 13.5. The molecule has 19 heavy (non-hydrogen) atoms. The highest BCUT2D eigenvalue weighted by Gasteiger charge is 2.15. The van der Waals surface area contributed by atoms with E-state index in [1.165, 1.54) is 0 Å². The largest absolute Gasteiger partial charge is 0.492 e. The minimum atomic E-state index is 0.0974. The van der Waals surface area contributed by atoms with Gasteiger partial charge in [-0.3, -0.25) is 4.68 Å².